The van der Waals surface area contributed by atoms with E-state index >= 15 is 0 Å². The first kappa shape index (κ1) is 14.4. The second-order valence-electron chi connectivity index (χ2n) is 6.57. The normalized spacial score (nSPS) is 28.5. The van der Waals surface area contributed by atoms with E-state index in [1.807, 2.05) is 24.3 Å². The number of nitrogen functional groups attached to an aromatic ring is 1. The molecule has 2 bridgehead atoms. The number of hydrogen-bond acceptors (Lipinski definition) is 3. The number of carbonyl (C=O) groups is 1. The Labute approximate surface area is 126 Å². The topological polar surface area (TPSA) is 58.4 Å². The summed E-state index contributed by atoms with van der Waals surface area (Å²) >= 11 is 0. The highest BCUT2D eigenvalue weighted by molar-refractivity contribution is 5.80. The Morgan fingerprint density at radius 3 is 2.62 bits per heavy atom. The van der Waals surface area contributed by atoms with Crippen LogP contribution in [0.2, 0.25) is 0 Å². The summed E-state index contributed by atoms with van der Waals surface area (Å²) in [5.41, 5.74) is 7.50. The molecule has 3 N–H and O–H groups in total. The van der Waals surface area contributed by atoms with Gasteiger partial charge in [0.05, 0.1) is 6.42 Å². The molecule has 0 saturated carbocycles. The van der Waals surface area contributed by atoms with E-state index in [1.54, 1.807) is 0 Å². The number of anilines is 1. The molecule has 2 fully saturated rings. The molecule has 2 atom stereocenters. The van der Waals surface area contributed by atoms with Crippen molar-refractivity contribution in [1.29, 1.82) is 0 Å². The van der Waals surface area contributed by atoms with Crippen molar-refractivity contribution in [1.82, 2.24) is 10.2 Å². The van der Waals surface area contributed by atoms with Gasteiger partial charge in [-0.1, -0.05) is 18.2 Å². The molecule has 4 heteroatoms. The second-order valence-corrected chi connectivity index (χ2v) is 6.57. The minimum absolute atomic E-state index is 0.0826. The van der Waals surface area contributed by atoms with Gasteiger partial charge in [-0.3, -0.25) is 4.79 Å². The van der Waals surface area contributed by atoms with Crippen LogP contribution in [0.25, 0.3) is 0 Å². The van der Waals surface area contributed by atoms with Crippen LogP contribution in [0.3, 0.4) is 0 Å². The molecule has 2 saturated heterocycles. The van der Waals surface area contributed by atoms with E-state index in [0.29, 0.717) is 18.0 Å². The van der Waals surface area contributed by atoms with Gasteiger partial charge in [-0.25, -0.2) is 0 Å². The van der Waals surface area contributed by atoms with Crippen molar-refractivity contribution in [3.05, 3.63) is 29.8 Å². The van der Waals surface area contributed by atoms with E-state index in [4.69, 9.17) is 5.73 Å². The van der Waals surface area contributed by atoms with Crippen molar-refractivity contribution in [2.75, 3.05) is 19.3 Å². The molecule has 2 aliphatic rings. The molecule has 0 aromatic heterocycles. The first-order chi connectivity index (χ1) is 10.1. The average Bonchev–Trinajstić information content (AvgIpc) is 2.70. The monoisotopic (exact) mass is 287 g/mol. The van der Waals surface area contributed by atoms with E-state index in [2.05, 4.69) is 17.3 Å². The smallest absolute Gasteiger partial charge is 0.224 e. The fourth-order valence-corrected chi connectivity index (χ4v) is 3.88. The van der Waals surface area contributed by atoms with Crippen LogP contribution in [0.15, 0.2) is 24.3 Å². The lowest BCUT2D eigenvalue weighted by atomic mass is 9.91. The number of amides is 1. The van der Waals surface area contributed by atoms with Crippen molar-refractivity contribution in [3.63, 3.8) is 0 Å². The Morgan fingerprint density at radius 2 is 1.95 bits per heavy atom. The summed E-state index contributed by atoms with van der Waals surface area (Å²) in [6.45, 7) is 0.812. The zero-order chi connectivity index (χ0) is 14.8. The molecule has 2 aliphatic heterocycles. The van der Waals surface area contributed by atoms with Gasteiger partial charge in [0.1, 0.15) is 0 Å². The average molecular weight is 287 g/mol. The van der Waals surface area contributed by atoms with E-state index in [0.717, 1.165) is 24.2 Å². The van der Waals surface area contributed by atoms with Crippen LogP contribution in [0.1, 0.15) is 31.2 Å². The summed E-state index contributed by atoms with van der Waals surface area (Å²) in [5.74, 6) is 0.718. The van der Waals surface area contributed by atoms with Gasteiger partial charge in [0.25, 0.3) is 0 Å². The predicted molar refractivity (Wildman–Crippen MR) is 84.9 cm³/mol. The summed E-state index contributed by atoms with van der Waals surface area (Å²) in [6, 6.07) is 9.05. The minimum Gasteiger partial charge on any atom is -0.398 e. The van der Waals surface area contributed by atoms with Crippen molar-refractivity contribution in [2.45, 2.75) is 44.2 Å². The SMILES string of the molecule is CN1C2CCC1CC(CNC(=O)Cc1ccccc1N)C2. The Kier molecular flexibility index (Phi) is 4.15. The summed E-state index contributed by atoms with van der Waals surface area (Å²) in [6.07, 6.45) is 5.48. The third kappa shape index (κ3) is 3.21. The van der Waals surface area contributed by atoms with Gasteiger partial charge in [-0.2, -0.15) is 0 Å². The molecule has 3 rings (SSSR count). The molecule has 1 aromatic rings. The Balaban J connectivity index is 1.47. The quantitative estimate of drug-likeness (QED) is 0.830. The van der Waals surface area contributed by atoms with Gasteiger partial charge >= 0.3 is 0 Å². The maximum atomic E-state index is 12.1. The van der Waals surface area contributed by atoms with Gasteiger partial charge < -0.3 is 16.0 Å². The van der Waals surface area contributed by atoms with Crippen LogP contribution in [0.5, 0.6) is 0 Å². The number of benzene rings is 1. The number of fused-ring (bicyclic) bond motifs is 2. The third-order valence-corrected chi connectivity index (χ3v) is 5.19. The zero-order valence-corrected chi connectivity index (χ0v) is 12.7. The molecule has 2 unspecified atom stereocenters. The minimum atomic E-state index is 0.0826. The van der Waals surface area contributed by atoms with Gasteiger partial charge in [0, 0.05) is 24.3 Å². The molecule has 21 heavy (non-hydrogen) atoms. The van der Waals surface area contributed by atoms with Crippen molar-refractivity contribution in [3.8, 4) is 0 Å². The summed E-state index contributed by atoms with van der Waals surface area (Å²) in [4.78, 5) is 14.6. The molecule has 1 amide bonds. The summed E-state index contributed by atoms with van der Waals surface area (Å²) < 4.78 is 0. The number of nitrogens with zero attached hydrogens (tertiary/aromatic N) is 1. The van der Waals surface area contributed by atoms with Gasteiger partial charge in [0.2, 0.25) is 5.91 Å². The Hall–Kier alpha value is -1.55. The summed E-state index contributed by atoms with van der Waals surface area (Å²) in [5, 5.41) is 3.10. The maximum Gasteiger partial charge on any atom is 0.224 e. The number of para-hydroxylation sites is 1. The Bertz CT molecular complexity index is 503. The van der Waals surface area contributed by atoms with Crippen LogP contribution in [-0.2, 0) is 11.2 Å². The number of nitrogens with two attached hydrogens (primary N) is 1. The van der Waals surface area contributed by atoms with Crippen LogP contribution < -0.4 is 11.1 Å². The largest absolute Gasteiger partial charge is 0.398 e. The molecule has 0 spiro atoms. The highest BCUT2D eigenvalue weighted by atomic mass is 16.1. The van der Waals surface area contributed by atoms with E-state index < -0.39 is 0 Å². The molecule has 114 valence electrons. The number of carbonyl (C=O) groups excluding carboxylic acids is 1. The molecule has 0 radical (unpaired) electrons. The van der Waals surface area contributed by atoms with Gasteiger partial charge in [-0.05, 0) is 50.3 Å². The third-order valence-electron chi connectivity index (χ3n) is 5.19. The number of nitrogens with one attached hydrogen (secondary N) is 1. The number of piperidine rings is 1. The molecule has 0 aliphatic carbocycles. The number of hydrogen-bond donors (Lipinski definition) is 2. The second kappa shape index (κ2) is 6.06. The van der Waals surface area contributed by atoms with Gasteiger partial charge in [0.15, 0.2) is 0 Å². The summed E-state index contributed by atoms with van der Waals surface area (Å²) in [7, 11) is 2.25. The van der Waals surface area contributed by atoms with Crippen LogP contribution in [0, 0.1) is 5.92 Å². The van der Waals surface area contributed by atoms with E-state index in [9.17, 15) is 4.79 Å². The van der Waals surface area contributed by atoms with Crippen LogP contribution in [0.4, 0.5) is 5.69 Å². The number of rotatable bonds is 4. The molecule has 1 aromatic carbocycles. The molecule has 4 nitrogen and oxygen atoms in total. The van der Waals surface area contributed by atoms with Crippen LogP contribution in [-0.4, -0.2) is 36.5 Å². The standard InChI is InChI=1S/C17H25N3O/c1-20-14-6-7-15(20)9-12(8-14)11-19-17(21)10-13-4-2-3-5-16(13)18/h2-5,12,14-15H,6-11,18H2,1H3,(H,19,21). The molecular weight excluding hydrogens is 262 g/mol. The zero-order valence-electron chi connectivity index (χ0n) is 12.7. The first-order valence-corrected chi connectivity index (χ1v) is 7.95. The Morgan fingerprint density at radius 1 is 1.29 bits per heavy atom. The highest BCUT2D eigenvalue weighted by Crippen LogP contribution is 2.36. The lowest BCUT2D eigenvalue weighted by Gasteiger charge is -2.36. The lowest BCUT2D eigenvalue weighted by molar-refractivity contribution is -0.120. The van der Waals surface area contributed by atoms with Gasteiger partial charge in [-0.15, -0.1) is 0 Å². The fourth-order valence-electron chi connectivity index (χ4n) is 3.88. The fraction of sp³-hybridized carbons (Fsp3) is 0.588. The van der Waals surface area contributed by atoms with Crippen LogP contribution >= 0.6 is 0 Å². The molecular formula is C17H25N3O. The highest BCUT2D eigenvalue weighted by Gasteiger charge is 2.38. The van der Waals surface area contributed by atoms with Crippen molar-refractivity contribution < 1.29 is 4.79 Å². The van der Waals surface area contributed by atoms with Crippen molar-refractivity contribution in [2.24, 2.45) is 5.92 Å². The predicted octanol–water partition coefficient (Wildman–Crippen LogP) is 1.80. The maximum absolute atomic E-state index is 12.1. The lowest BCUT2D eigenvalue weighted by Crippen LogP contribution is -2.43. The van der Waals surface area contributed by atoms with Crippen molar-refractivity contribution >= 4 is 11.6 Å². The molecule has 2 heterocycles. The van der Waals surface area contributed by atoms with E-state index in [1.165, 1.54) is 25.7 Å². The first-order valence-electron chi connectivity index (χ1n) is 7.95. The van der Waals surface area contributed by atoms with E-state index in [-0.39, 0.29) is 5.91 Å².